The second kappa shape index (κ2) is 4.76. The molecule has 3 N–H and O–H groups in total. The van der Waals surface area contributed by atoms with Crippen molar-refractivity contribution < 1.29 is 13.5 Å². The van der Waals surface area contributed by atoms with Gasteiger partial charge in [-0.15, -0.1) is 0 Å². The Labute approximate surface area is 80.8 Å². The highest BCUT2D eigenvalue weighted by Crippen LogP contribution is 2.23. The maximum atomic E-state index is 11.9. The summed E-state index contributed by atoms with van der Waals surface area (Å²) in [6, 6.07) is 4.64. The van der Waals surface area contributed by atoms with Crippen LogP contribution in [0, 0.1) is 0 Å². The molecule has 0 spiro atoms. The molecular weight excluding hydrogens is 190 g/mol. The van der Waals surface area contributed by atoms with Crippen LogP contribution in [0.25, 0.3) is 0 Å². The van der Waals surface area contributed by atoms with Crippen molar-refractivity contribution in [3.05, 3.63) is 23.8 Å². The fourth-order valence-electron chi connectivity index (χ4n) is 1.17. The maximum Gasteiger partial charge on any atom is 0.387 e. The number of aryl methyl sites for hydroxylation is 1. The number of nitrogens with two attached hydrogens (primary N) is 1. The van der Waals surface area contributed by atoms with Crippen LogP contribution < -0.4 is 16.0 Å². The first-order chi connectivity index (χ1) is 6.67. The number of ether oxygens (including phenoxy) is 1. The molecule has 1 aromatic rings. The highest BCUT2D eigenvalue weighted by Gasteiger charge is 2.06. The Hall–Kier alpha value is -1.36. The van der Waals surface area contributed by atoms with Crippen molar-refractivity contribution in [2.24, 2.45) is 5.84 Å². The van der Waals surface area contributed by atoms with E-state index in [-0.39, 0.29) is 5.75 Å². The SMILES string of the molecule is CCc1ccc(OC(F)F)cc1NN. The Morgan fingerprint density at radius 1 is 1.50 bits per heavy atom. The molecule has 0 aliphatic carbocycles. The molecule has 0 heterocycles. The molecule has 5 heteroatoms. The summed E-state index contributed by atoms with van der Waals surface area (Å²) in [7, 11) is 0. The number of halogens is 2. The smallest absolute Gasteiger partial charge is 0.387 e. The molecule has 0 unspecified atom stereocenters. The normalized spacial score (nSPS) is 10.4. The third-order valence-corrected chi connectivity index (χ3v) is 1.84. The minimum Gasteiger partial charge on any atom is -0.435 e. The van der Waals surface area contributed by atoms with Gasteiger partial charge in [0.25, 0.3) is 0 Å². The molecule has 0 aliphatic rings. The molecule has 3 nitrogen and oxygen atoms in total. The first-order valence-electron chi connectivity index (χ1n) is 4.21. The van der Waals surface area contributed by atoms with Crippen molar-refractivity contribution in [3.63, 3.8) is 0 Å². The van der Waals surface area contributed by atoms with Crippen LogP contribution in [0.5, 0.6) is 5.75 Å². The minimum atomic E-state index is -2.81. The number of nitrogens with one attached hydrogen (secondary N) is 1. The van der Waals surface area contributed by atoms with Gasteiger partial charge in [-0.2, -0.15) is 8.78 Å². The summed E-state index contributed by atoms with van der Waals surface area (Å²) in [5.41, 5.74) is 3.99. The van der Waals surface area contributed by atoms with Crippen LogP contribution >= 0.6 is 0 Å². The number of hydrogen-bond acceptors (Lipinski definition) is 3. The second-order valence-corrected chi connectivity index (χ2v) is 2.70. The average molecular weight is 202 g/mol. The summed E-state index contributed by atoms with van der Waals surface area (Å²) in [5, 5.41) is 0. The van der Waals surface area contributed by atoms with Crippen molar-refractivity contribution in [2.75, 3.05) is 5.43 Å². The van der Waals surface area contributed by atoms with Crippen molar-refractivity contribution in [2.45, 2.75) is 20.0 Å². The number of alkyl halides is 2. The molecule has 0 aromatic heterocycles. The molecular formula is C9H12F2N2O. The van der Waals surface area contributed by atoms with Crippen LogP contribution in [0.4, 0.5) is 14.5 Å². The summed E-state index contributed by atoms with van der Waals surface area (Å²) >= 11 is 0. The standard InChI is InChI=1S/C9H12F2N2O/c1-2-6-3-4-7(14-9(10)11)5-8(6)13-12/h3-5,9,13H,2,12H2,1H3. The molecule has 0 aliphatic heterocycles. The lowest BCUT2D eigenvalue weighted by Gasteiger charge is -2.10. The second-order valence-electron chi connectivity index (χ2n) is 2.70. The quantitative estimate of drug-likeness (QED) is 0.580. The van der Waals surface area contributed by atoms with Gasteiger partial charge in [0.1, 0.15) is 5.75 Å². The van der Waals surface area contributed by atoms with Gasteiger partial charge >= 0.3 is 6.61 Å². The fraction of sp³-hybridized carbons (Fsp3) is 0.333. The zero-order chi connectivity index (χ0) is 10.6. The van der Waals surface area contributed by atoms with Gasteiger partial charge in [0.2, 0.25) is 0 Å². The Balaban J connectivity index is 2.89. The van der Waals surface area contributed by atoms with Crippen molar-refractivity contribution in [3.8, 4) is 5.75 Å². The van der Waals surface area contributed by atoms with Crippen molar-refractivity contribution in [1.82, 2.24) is 0 Å². The highest BCUT2D eigenvalue weighted by atomic mass is 19.3. The first-order valence-corrected chi connectivity index (χ1v) is 4.21. The summed E-state index contributed by atoms with van der Waals surface area (Å²) in [5.74, 6) is 5.33. The first kappa shape index (κ1) is 10.7. The molecule has 0 amide bonds. The van der Waals surface area contributed by atoms with E-state index in [1.54, 1.807) is 6.07 Å². The van der Waals surface area contributed by atoms with Crippen LogP contribution in [0.3, 0.4) is 0 Å². The van der Waals surface area contributed by atoms with Gasteiger partial charge in [-0.3, -0.25) is 5.84 Å². The Morgan fingerprint density at radius 2 is 2.21 bits per heavy atom. The molecule has 0 radical (unpaired) electrons. The number of benzene rings is 1. The predicted molar refractivity (Wildman–Crippen MR) is 50.3 cm³/mol. The van der Waals surface area contributed by atoms with Crippen LogP contribution in [0.1, 0.15) is 12.5 Å². The van der Waals surface area contributed by atoms with E-state index in [1.165, 1.54) is 12.1 Å². The summed E-state index contributed by atoms with van der Waals surface area (Å²) in [6.07, 6.45) is 0.772. The van der Waals surface area contributed by atoms with Crippen LogP contribution in [0.15, 0.2) is 18.2 Å². The summed E-state index contributed by atoms with van der Waals surface area (Å²) < 4.78 is 28.0. The van der Waals surface area contributed by atoms with E-state index in [9.17, 15) is 8.78 Å². The van der Waals surface area contributed by atoms with E-state index >= 15 is 0 Å². The number of hydrogen-bond donors (Lipinski definition) is 2. The van der Waals surface area contributed by atoms with E-state index in [2.05, 4.69) is 10.2 Å². The largest absolute Gasteiger partial charge is 0.435 e. The highest BCUT2D eigenvalue weighted by molar-refractivity contribution is 5.54. The predicted octanol–water partition coefficient (Wildman–Crippen LogP) is 2.14. The zero-order valence-electron chi connectivity index (χ0n) is 7.76. The molecule has 0 saturated carbocycles. The Morgan fingerprint density at radius 3 is 2.71 bits per heavy atom. The van der Waals surface area contributed by atoms with Crippen molar-refractivity contribution in [1.29, 1.82) is 0 Å². The third kappa shape index (κ3) is 2.56. The van der Waals surface area contributed by atoms with Crippen LogP contribution in [0.2, 0.25) is 0 Å². The molecule has 14 heavy (non-hydrogen) atoms. The van der Waals surface area contributed by atoms with Gasteiger partial charge in [-0.05, 0) is 18.1 Å². The number of rotatable bonds is 4. The number of nitrogen functional groups attached to an aromatic ring is 1. The van der Waals surface area contributed by atoms with Crippen molar-refractivity contribution >= 4 is 5.69 Å². The van der Waals surface area contributed by atoms with E-state index in [0.29, 0.717) is 5.69 Å². The third-order valence-electron chi connectivity index (χ3n) is 1.84. The monoisotopic (exact) mass is 202 g/mol. The lowest BCUT2D eigenvalue weighted by atomic mass is 10.1. The van der Waals surface area contributed by atoms with E-state index in [1.807, 2.05) is 6.92 Å². The Bertz CT molecular complexity index is 305. The lowest BCUT2D eigenvalue weighted by Crippen LogP contribution is -2.10. The maximum absolute atomic E-state index is 11.9. The van der Waals surface area contributed by atoms with Gasteiger partial charge in [0, 0.05) is 6.07 Å². The summed E-state index contributed by atoms with van der Waals surface area (Å²) in [6.45, 7) is -0.864. The van der Waals surface area contributed by atoms with E-state index in [4.69, 9.17) is 5.84 Å². The molecule has 0 bridgehead atoms. The summed E-state index contributed by atoms with van der Waals surface area (Å²) in [4.78, 5) is 0. The molecule has 0 fully saturated rings. The zero-order valence-corrected chi connectivity index (χ0v) is 7.76. The molecule has 0 atom stereocenters. The van der Waals surface area contributed by atoms with Gasteiger partial charge < -0.3 is 10.2 Å². The average Bonchev–Trinajstić information content (AvgIpc) is 2.16. The molecule has 1 rings (SSSR count). The van der Waals surface area contributed by atoms with Gasteiger partial charge in [0.15, 0.2) is 0 Å². The van der Waals surface area contributed by atoms with Crippen LogP contribution in [-0.4, -0.2) is 6.61 Å². The van der Waals surface area contributed by atoms with E-state index in [0.717, 1.165) is 12.0 Å². The number of anilines is 1. The molecule has 78 valence electrons. The lowest BCUT2D eigenvalue weighted by molar-refractivity contribution is -0.0498. The van der Waals surface area contributed by atoms with Crippen LogP contribution in [-0.2, 0) is 6.42 Å². The topological polar surface area (TPSA) is 47.3 Å². The van der Waals surface area contributed by atoms with Gasteiger partial charge in [-0.1, -0.05) is 13.0 Å². The van der Waals surface area contributed by atoms with Gasteiger partial charge in [0.05, 0.1) is 5.69 Å². The minimum absolute atomic E-state index is 0.102. The Kier molecular flexibility index (Phi) is 3.64. The number of hydrazine groups is 1. The molecule has 0 saturated heterocycles. The molecule has 1 aromatic carbocycles. The van der Waals surface area contributed by atoms with Gasteiger partial charge in [-0.25, -0.2) is 0 Å². The fourth-order valence-corrected chi connectivity index (χ4v) is 1.17. The van der Waals surface area contributed by atoms with E-state index < -0.39 is 6.61 Å².